The van der Waals surface area contributed by atoms with Crippen molar-refractivity contribution >= 4 is 5.96 Å². The molecular weight excluding hydrogens is 325 g/mol. The molecule has 1 heterocycles. The summed E-state index contributed by atoms with van der Waals surface area (Å²) in [5.74, 6) is 1.40. The number of nitrogens with one attached hydrogen (secondary N) is 1. The molecular formula is C17H24FN5O2. The van der Waals surface area contributed by atoms with Gasteiger partial charge in [-0.1, -0.05) is 17.3 Å². The maximum Gasteiger partial charge on any atom is 0.246 e. The highest BCUT2D eigenvalue weighted by molar-refractivity contribution is 5.79. The number of halogens is 1. The summed E-state index contributed by atoms with van der Waals surface area (Å²) in [6.45, 7) is 5.33. The highest BCUT2D eigenvalue weighted by Crippen LogP contribution is 2.12. The van der Waals surface area contributed by atoms with Crippen LogP contribution < -0.4 is 5.32 Å². The van der Waals surface area contributed by atoms with Crippen molar-refractivity contribution < 1.29 is 13.7 Å². The molecule has 7 nitrogen and oxygen atoms in total. The average molecular weight is 349 g/mol. The average Bonchev–Trinajstić information content (AvgIpc) is 3.07. The van der Waals surface area contributed by atoms with Gasteiger partial charge in [0.1, 0.15) is 11.9 Å². The number of rotatable bonds is 7. The molecule has 25 heavy (non-hydrogen) atoms. The Balaban J connectivity index is 1.90. The third-order valence-electron chi connectivity index (χ3n) is 3.57. The zero-order chi connectivity index (χ0) is 18.2. The van der Waals surface area contributed by atoms with Crippen molar-refractivity contribution in [2.75, 3.05) is 20.7 Å². The van der Waals surface area contributed by atoms with E-state index in [4.69, 9.17) is 9.26 Å². The SMILES string of the molecule is CCOC(C)c1noc(CNC(=NC)N(C)Cc2ccc(F)cc2)n1. The summed E-state index contributed by atoms with van der Waals surface area (Å²) in [5.41, 5.74) is 0.984. The molecule has 1 atom stereocenters. The number of hydrogen-bond acceptors (Lipinski definition) is 5. The van der Waals surface area contributed by atoms with Crippen LogP contribution >= 0.6 is 0 Å². The van der Waals surface area contributed by atoms with Gasteiger partial charge in [0.25, 0.3) is 0 Å². The molecule has 1 unspecified atom stereocenters. The highest BCUT2D eigenvalue weighted by atomic mass is 19.1. The van der Waals surface area contributed by atoms with Gasteiger partial charge >= 0.3 is 0 Å². The minimum absolute atomic E-state index is 0.206. The van der Waals surface area contributed by atoms with Crippen molar-refractivity contribution in [1.29, 1.82) is 0 Å². The summed E-state index contributed by atoms with van der Waals surface area (Å²) in [6.07, 6.45) is -0.206. The predicted molar refractivity (Wildman–Crippen MR) is 92.4 cm³/mol. The van der Waals surface area contributed by atoms with Gasteiger partial charge in [-0.25, -0.2) is 4.39 Å². The molecule has 0 amide bonds. The van der Waals surface area contributed by atoms with E-state index in [1.54, 1.807) is 19.2 Å². The summed E-state index contributed by atoms with van der Waals surface area (Å²) < 4.78 is 23.6. The number of ether oxygens (including phenoxy) is 1. The summed E-state index contributed by atoms with van der Waals surface area (Å²) in [4.78, 5) is 10.5. The first-order chi connectivity index (χ1) is 12.0. The van der Waals surface area contributed by atoms with Crippen LogP contribution in [0.1, 0.15) is 37.2 Å². The first kappa shape index (κ1) is 18.9. The summed E-state index contributed by atoms with van der Waals surface area (Å²) in [5, 5.41) is 7.09. The Bertz CT molecular complexity index is 687. The largest absolute Gasteiger partial charge is 0.371 e. The normalized spacial score (nSPS) is 12.9. The van der Waals surface area contributed by atoms with E-state index in [-0.39, 0.29) is 11.9 Å². The topological polar surface area (TPSA) is 75.8 Å². The fourth-order valence-electron chi connectivity index (χ4n) is 2.31. The Hall–Kier alpha value is -2.48. The van der Waals surface area contributed by atoms with Crippen molar-refractivity contribution in [3.8, 4) is 0 Å². The van der Waals surface area contributed by atoms with E-state index in [1.807, 2.05) is 25.8 Å². The van der Waals surface area contributed by atoms with Crippen LogP contribution in [0, 0.1) is 5.82 Å². The molecule has 0 bridgehead atoms. The van der Waals surface area contributed by atoms with Crippen LogP contribution in [-0.4, -0.2) is 41.7 Å². The maximum atomic E-state index is 13.0. The van der Waals surface area contributed by atoms with Gasteiger partial charge in [-0.15, -0.1) is 0 Å². The molecule has 2 rings (SSSR count). The van der Waals surface area contributed by atoms with E-state index < -0.39 is 0 Å². The van der Waals surface area contributed by atoms with Crippen molar-refractivity contribution in [3.63, 3.8) is 0 Å². The lowest BCUT2D eigenvalue weighted by molar-refractivity contribution is 0.0683. The monoisotopic (exact) mass is 349 g/mol. The van der Waals surface area contributed by atoms with E-state index >= 15 is 0 Å². The number of hydrogen-bond donors (Lipinski definition) is 1. The zero-order valence-corrected chi connectivity index (χ0v) is 15.0. The fourth-order valence-corrected chi connectivity index (χ4v) is 2.31. The lowest BCUT2D eigenvalue weighted by Crippen LogP contribution is -2.38. The van der Waals surface area contributed by atoms with E-state index in [0.29, 0.717) is 37.4 Å². The minimum atomic E-state index is -0.248. The van der Waals surface area contributed by atoms with Crippen LogP contribution in [-0.2, 0) is 17.8 Å². The highest BCUT2D eigenvalue weighted by Gasteiger charge is 2.14. The summed E-state index contributed by atoms with van der Waals surface area (Å²) in [6, 6.07) is 6.38. The lowest BCUT2D eigenvalue weighted by atomic mass is 10.2. The molecule has 1 N–H and O–H groups in total. The van der Waals surface area contributed by atoms with Gasteiger partial charge in [0, 0.05) is 27.2 Å². The van der Waals surface area contributed by atoms with E-state index in [1.165, 1.54) is 12.1 Å². The van der Waals surface area contributed by atoms with Gasteiger partial charge in [-0.3, -0.25) is 4.99 Å². The summed E-state index contributed by atoms with van der Waals surface area (Å²) in [7, 11) is 3.59. The molecule has 0 aliphatic rings. The van der Waals surface area contributed by atoms with Crippen LogP contribution in [0.15, 0.2) is 33.8 Å². The molecule has 8 heteroatoms. The Labute approximate surface area is 146 Å². The standard InChI is InChI=1S/C17H24FN5O2/c1-5-24-12(2)16-21-15(25-22-16)10-20-17(19-3)23(4)11-13-6-8-14(18)9-7-13/h6-9,12H,5,10-11H2,1-4H3,(H,19,20). The number of nitrogens with zero attached hydrogens (tertiary/aromatic N) is 4. The Morgan fingerprint density at radius 3 is 2.76 bits per heavy atom. The first-order valence-electron chi connectivity index (χ1n) is 8.13. The molecule has 0 spiro atoms. The van der Waals surface area contributed by atoms with Crippen molar-refractivity contribution in [3.05, 3.63) is 47.4 Å². The third kappa shape index (κ3) is 5.53. The van der Waals surface area contributed by atoms with Crippen LogP contribution in [0.2, 0.25) is 0 Å². The van der Waals surface area contributed by atoms with Crippen LogP contribution in [0.25, 0.3) is 0 Å². The Kier molecular flexibility index (Phi) is 6.88. The van der Waals surface area contributed by atoms with Gasteiger partial charge in [0.15, 0.2) is 11.8 Å². The Morgan fingerprint density at radius 1 is 1.40 bits per heavy atom. The maximum absolute atomic E-state index is 13.0. The second kappa shape index (κ2) is 9.12. The second-order valence-corrected chi connectivity index (χ2v) is 5.53. The summed E-state index contributed by atoms with van der Waals surface area (Å²) >= 11 is 0. The first-order valence-corrected chi connectivity index (χ1v) is 8.13. The van der Waals surface area contributed by atoms with E-state index in [9.17, 15) is 4.39 Å². The second-order valence-electron chi connectivity index (χ2n) is 5.53. The lowest BCUT2D eigenvalue weighted by Gasteiger charge is -2.21. The van der Waals surface area contributed by atoms with Crippen LogP contribution in [0.5, 0.6) is 0 Å². The Morgan fingerprint density at radius 2 is 2.12 bits per heavy atom. The molecule has 0 saturated heterocycles. The molecule has 0 fully saturated rings. The number of aromatic nitrogens is 2. The van der Waals surface area contributed by atoms with Gasteiger partial charge in [0.2, 0.25) is 5.89 Å². The predicted octanol–water partition coefficient (Wildman–Crippen LogP) is 2.51. The van der Waals surface area contributed by atoms with Crippen LogP contribution in [0.4, 0.5) is 4.39 Å². The van der Waals surface area contributed by atoms with Gasteiger partial charge in [0.05, 0.1) is 6.54 Å². The quantitative estimate of drug-likeness (QED) is 0.611. The van der Waals surface area contributed by atoms with Crippen molar-refractivity contribution in [2.24, 2.45) is 4.99 Å². The fraction of sp³-hybridized carbons (Fsp3) is 0.471. The van der Waals surface area contributed by atoms with Crippen molar-refractivity contribution in [2.45, 2.75) is 33.0 Å². The smallest absolute Gasteiger partial charge is 0.246 e. The molecule has 136 valence electrons. The zero-order valence-electron chi connectivity index (χ0n) is 15.0. The van der Waals surface area contributed by atoms with E-state index in [2.05, 4.69) is 20.4 Å². The third-order valence-corrected chi connectivity index (χ3v) is 3.57. The van der Waals surface area contributed by atoms with Crippen LogP contribution in [0.3, 0.4) is 0 Å². The van der Waals surface area contributed by atoms with Gasteiger partial charge in [-0.2, -0.15) is 4.98 Å². The molecule has 0 aliphatic carbocycles. The molecule has 1 aromatic heterocycles. The van der Waals surface area contributed by atoms with Gasteiger partial charge in [-0.05, 0) is 31.5 Å². The minimum Gasteiger partial charge on any atom is -0.371 e. The molecule has 0 aliphatic heterocycles. The molecule has 2 aromatic rings. The number of guanidine groups is 1. The number of benzene rings is 1. The molecule has 1 aromatic carbocycles. The van der Waals surface area contributed by atoms with Gasteiger partial charge < -0.3 is 19.5 Å². The molecule has 0 saturated carbocycles. The number of aliphatic imine (C=N–C) groups is 1. The van der Waals surface area contributed by atoms with Crippen molar-refractivity contribution in [1.82, 2.24) is 20.4 Å². The van der Waals surface area contributed by atoms with E-state index in [0.717, 1.165) is 5.56 Å². The molecule has 0 radical (unpaired) electrons.